The third kappa shape index (κ3) is 4.96. The Hall–Kier alpha value is -1.29. The van der Waals surface area contributed by atoms with Gasteiger partial charge in [-0.3, -0.25) is 9.80 Å². The number of piperazine rings is 1. The van der Waals surface area contributed by atoms with Crippen molar-refractivity contribution in [2.24, 2.45) is 0 Å². The number of thioether (sulfide) groups is 1. The Morgan fingerprint density at radius 3 is 2.11 bits per heavy atom. The molecule has 2 fully saturated rings. The first-order valence-electron chi connectivity index (χ1n) is 10.5. The fourth-order valence-corrected chi connectivity index (χ4v) is 5.18. The summed E-state index contributed by atoms with van der Waals surface area (Å²) in [6.45, 7) is 6.00. The van der Waals surface area contributed by atoms with Gasteiger partial charge < -0.3 is 0 Å². The Kier molecular flexibility index (Phi) is 6.54. The summed E-state index contributed by atoms with van der Waals surface area (Å²) < 4.78 is 0. The summed E-state index contributed by atoms with van der Waals surface area (Å²) in [4.78, 5) is 6.75. The third-order valence-corrected chi connectivity index (χ3v) is 7.20. The maximum absolute atomic E-state index is 2.77. The number of hydrogen-bond acceptors (Lipinski definition) is 3. The monoisotopic (exact) mass is 380 g/mol. The Morgan fingerprint density at radius 1 is 0.815 bits per heavy atom. The molecule has 0 spiro atoms. The van der Waals surface area contributed by atoms with Crippen molar-refractivity contribution in [3.05, 3.63) is 65.7 Å². The third-order valence-electron chi connectivity index (χ3n) is 6.46. The SMILES string of the molecule is CSc1ccc(CN2CCN(C3CCC(c4ccccc4)CC3)CC2)cc1. The van der Waals surface area contributed by atoms with Gasteiger partial charge in [0, 0.05) is 43.7 Å². The van der Waals surface area contributed by atoms with Crippen molar-refractivity contribution in [2.45, 2.75) is 49.1 Å². The van der Waals surface area contributed by atoms with Crippen LogP contribution in [0.2, 0.25) is 0 Å². The molecule has 0 atom stereocenters. The second kappa shape index (κ2) is 9.27. The fourth-order valence-electron chi connectivity index (χ4n) is 4.78. The van der Waals surface area contributed by atoms with Crippen molar-refractivity contribution in [2.75, 3.05) is 32.4 Å². The van der Waals surface area contributed by atoms with Crippen LogP contribution in [-0.2, 0) is 6.54 Å². The van der Waals surface area contributed by atoms with Crippen LogP contribution >= 0.6 is 11.8 Å². The van der Waals surface area contributed by atoms with E-state index in [1.54, 1.807) is 5.56 Å². The summed E-state index contributed by atoms with van der Waals surface area (Å²) in [6.07, 6.45) is 7.60. The van der Waals surface area contributed by atoms with E-state index in [1.165, 1.54) is 62.3 Å². The standard InChI is InChI=1S/C24H32N2S/c1-27-24-13-7-20(8-14-24)19-25-15-17-26(18-16-25)23-11-9-22(10-12-23)21-5-3-2-4-6-21/h2-8,13-14,22-23H,9-12,15-19H2,1H3. The summed E-state index contributed by atoms with van der Waals surface area (Å²) in [7, 11) is 0. The molecule has 0 N–H and O–H groups in total. The van der Waals surface area contributed by atoms with Crippen LogP contribution in [0.15, 0.2) is 59.5 Å². The van der Waals surface area contributed by atoms with Crippen LogP contribution in [0.4, 0.5) is 0 Å². The Bertz CT molecular complexity index is 684. The Morgan fingerprint density at radius 2 is 1.48 bits per heavy atom. The first-order valence-corrected chi connectivity index (χ1v) is 11.7. The lowest BCUT2D eigenvalue weighted by Crippen LogP contribution is -2.50. The molecule has 1 saturated heterocycles. The number of benzene rings is 2. The molecule has 1 heterocycles. The predicted molar refractivity (Wildman–Crippen MR) is 117 cm³/mol. The highest BCUT2D eigenvalue weighted by molar-refractivity contribution is 7.98. The quantitative estimate of drug-likeness (QED) is 0.654. The number of hydrogen-bond donors (Lipinski definition) is 0. The largest absolute Gasteiger partial charge is 0.298 e. The fraction of sp³-hybridized carbons (Fsp3) is 0.500. The number of nitrogens with zero attached hydrogens (tertiary/aromatic N) is 2. The average Bonchev–Trinajstić information content (AvgIpc) is 2.76. The molecule has 27 heavy (non-hydrogen) atoms. The molecule has 2 aromatic carbocycles. The van der Waals surface area contributed by atoms with Gasteiger partial charge in [0.25, 0.3) is 0 Å². The van der Waals surface area contributed by atoms with Gasteiger partial charge in [-0.15, -0.1) is 11.8 Å². The van der Waals surface area contributed by atoms with Crippen molar-refractivity contribution in [1.82, 2.24) is 9.80 Å². The molecule has 1 aliphatic heterocycles. The van der Waals surface area contributed by atoms with E-state index in [4.69, 9.17) is 0 Å². The van der Waals surface area contributed by atoms with Crippen molar-refractivity contribution in [3.8, 4) is 0 Å². The minimum Gasteiger partial charge on any atom is -0.298 e. The van der Waals surface area contributed by atoms with Gasteiger partial charge in [0.15, 0.2) is 0 Å². The molecular formula is C24H32N2S. The molecule has 3 heteroatoms. The zero-order valence-corrected chi connectivity index (χ0v) is 17.3. The zero-order valence-electron chi connectivity index (χ0n) is 16.5. The smallest absolute Gasteiger partial charge is 0.0234 e. The van der Waals surface area contributed by atoms with E-state index in [0.717, 1.165) is 18.5 Å². The average molecular weight is 381 g/mol. The van der Waals surface area contributed by atoms with Crippen LogP contribution in [0, 0.1) is 0 Å². The maximum Gasteiger partial charge on any atom is 0.0234 e. The molecular weight excluding hydrogens is 348 g/mol. The maximum atomic E-state index is 2.77. The van der Waals surface area contributed by atoms with Crippen molar-refractivity contribution < 1.29 is 0 Å². The molecule has 144 valence electrons. The Balaban J connectivity index is 1.22. The Labute approximate surface area is 168 Å². The van der Waals surface area contributed by atoms with E-state index in [2.05, 4.69) is 70.7 Å². The van der Waals surface area contributed by atoms with Gasteiger partial charge in [-0.25, -0.2) is 0 Å². The van der Waals surface area contributed by atoms with E-state index in [1.807, 2.05) is 11.8 Å². The summed E-state index contributed by atoms with van der Waals surface area (Å²) in [5.41, 5.74) is 3.00. The molecule has 0 radical (unpaired) electrons. The topological polar surface area (TPSA) is 6.48 Å². The molecule has 1 saturated carbocycles. The van der Waals surface area contributed by atoms with Crippen LogP contribution in [0.5, 0.6) is 0 Å². The summed E-state index contributed by atoms with van der Waals surface area (Å²) in [5, 5.41) is 0. The predicted octanol–water partition coefficient (Wildman–Crippen LogP) is 5.25. The second-order valence-corrected chi connectivity index (χ2v) is 8.96. The lowest BCUT2D eigenvalue weighted by molar-refractivity contribution is 0.0727. The molecule has 2 aromatic rings. The van der Waals surface area contributed by atoms with Gasteiger partial charge in [0.2, 0.25) is 0 Å². The minimum atomic E-state index is 0.785. The van der Waals surface area contributed by atoms with Crippen LogP contribution < -0.4 is 0 Å². The van der Waals surface area contributed by atoms with Crippen molar-refractivity contribution in [1.29, 1.82) is 0 Å². The van der Waals surface area contributed by atoms with Gasteiger partial charge in [0.05, 0.1) is 0 Å². The van der Waals surface area contributed by atoms with Crippen LogP contribution in [0.25, 0.3) is 0 Å². The normalized spacial score (nSPS) is 24.8. The van der Waals surface area contributed by atoms with E-state index in [0.29, 0.717) is 0 Å². The van der Waals surface area contributed by atoms with Crippen LogP contribution in [-0.4, -0.2) is 48.3 Å². The van der Waals surface area contributed by atoms with Gasteiger partial charge >= 0.3 is 0 Å². The van der Waals surface area contributed by atoms with Gasteiger partial charge in [0.1, 0.15) is 0 Å². The van der Waals surface area contributed by atoms with Crippen LogP contribution in [0.1, 0.15) is 42.7 Å². The molecule has 4 rings (SSSR count). The lowest BCUT2D eigenvalue weighted by Gasteiger charge is -2.42. The van der Waals surface area contributed by atoms with Crippen molar-refractivity contribution in [3.63, 3.8) is 0 Å². The molecule has 0 aromatic heterocycles. The highest BCUT2D eigenvalue weighted by Gasteiger charge is 2.28. The van der Waals surface area contributed by atoms with E-state index >= 15 is 0 Å². The van der Waals surface area contributed by atoms with Gasteiger partial charge in [-0.2, -0.15) is 0 Å². The first kappa shape index (κ1) is 19.0. The molecule has 0 bridgehead atoms. The minimum absolute atomic E-state index is 0.785. The van der Waals surface area contributed by atoms with Gasteiger partial charge in [-0.05, 0) is 61.1 Å². The zero-order chi connectivity index (χ0) is 18.5. The van der Waals surface area contributed by atoms with Crippen LogP contribution in [0.3, 0.4) is 0 Å². The molecule has 2 nitrogen and oxygen atoms in total. The van der Waals surface area contributed by atoms with E-state index in [-0.39, 0.29) is 0 Å². The van der Waals surface area contributed by atoms with Gasteiger partial charge in [-0.1, -0.05) is 42.5 Å². The first-order chi connectivity index (χ1) is 13.3. The van der Waals surface area contributed by atoms with Crippen molar-refractivity contribution >= 4 is 11.8 Å². The highest BCUT2D eigenvalue weighted by atomic mass is 32.2. The molecule has 1 aliphatic carbocycles. The second-order valence-electron chi connectivity index (χ2n) is 8.08. The van der Waals surface area contributed by atoms with E-state index in [9.17, 15) is 0 Å². The van der Waals surface area contributed by atoms with E-state index < -0.39 is 0 Å². The summed E-state index contributed by atoms with van der Waals surface area (Å²) in [5.74, 6) is 0.785. The number of rotatable bonds is 5. The molecule has 2 aliphatic rings. The highest BCUT2D eigenvalue weighted by Crippen LogP contribution is 2.35. The summed E-state index contributed by atoms with van der Waals surface area (Å²) in [6, 6.07) is 21.0. The molecule has 0 unspecified atom stereocenters. The lowest BCUT2D eigenvalue weighted by atomic mass is 9.81. The molecule has 0 amide bonds. The summed E-state index contributed by atoms with van der Waals surface area (Å²) >= 11 is 1.82.